The average molecular weight is 426 g/mol. The van der Waals surface area contributed by atoms with E-state index in [4.69, 9.17) is 9.73 Å². The Morgan fingerprint density at radius 1 is 1.27 bits per heavy atom. The molecule has 0 spiro atoms. The highest BCUT2D eigenvalue weighted by molar-refractivity contribution is 14.0. The molecule has 22 heavy (non-hydrogen) atoms. The van der Waals surface area contributed by atoms with Crippen LogP contribution in [-0.2, 0) is 4.74 Å². The summed E-state index contributed by atoms with van der Waals surface area (Å²) in [7, 11) is 0. The third-order valence-electron chi connectivity index (χ3n) is 3.67. The SMILES string of the molecule is CCNC(=NCC(C)(C)N1CC(C)OC(C)C1)NC(C)C.I. The molecular formula is C16H35IN4O. The Hall–Kier alpha value is -0.0800. The number of hydrogen-bond donors (Lipinski definition) is 2. The number of ether oxygens (including phenoxy) is 1. The van der Waals surface area contributed by atoms with Gasteiger partial charge in [0.25, 0.3) is 0 Å². The molecule has 0 aromatic heterocycles. The molecule has 0 saturated carbocycles. The van der Waals surface area contributed by atoms with Crippen molar-refractivity contribution in [2.45, 2.75) is 72.3 Å². The van der Waals surface area contributed by atoms with Gasteiger partial charge in [0.2, 0.25) is 0 Å². The molecule has 0 bridgehead atoms. The predicted molar refractivity (Wildman–Crippen MR) is 105 cm³/mol. The van der Waals surface area contributed by atoms with Gasteiger partial charge in [0.05, 0.1) is 18.8 Å². The van der Waals surface area contributed by atoms with Crippen LogP contribution in [0, 0.1) is 0 Å². The summed E-state index contributed by atoms with van der Waals surface area (Å²) in [5, 5.41) is 6.67. The maximum Gasteiger partial charge on any atom is 0.191 e. The number of nitrogens with one attached hydrogen (secondary N) is 2. The van der Waals surface area contributed by atoms with Crippen LogP contribution < -0.4 is 10.6 Å². The molecule has 1 saturated heterocycles. The summed E-state index contributed by atoms with van der Waals surface area (Å²) < 4.78 is 5.83. The van der Waals surface area contributed by atoms with Crippen molar-refractivity contribution >= 4 is 29.9 Å². The lowest BCUT2D eigenvalue weighted by Gasteiger charge is -2.44. The number of nitrogens with zero attached hydrogens (tertiary/aromatic N) is 2. The van der Waals surface area contributed by atoms with Gasteiger partial charge >= 0.3 is 0 Å². The van der Waals surface area contributed by atoms with Crippen molar-refractivity contribution < 1.29 is 4.74 Å². The Kier molecular flexibility index (Phi) is 9.89. The molecule has 0 aromatic rings. The number of hydrogen-bond acceptors (Lipinski definition) is 3. The Morgan fingerprint density at radius 3 is 2.27 bits per heavy atom. The van der Waals surface area contributed by atoms with Crippen LogP contribution in [-0.4, -0.2) is 60.8 Å². The van der Waals surface area contributed by atoms with Gasteiger partial charge in [-0.15, -0.1) is 24.0 Å². The summed E-state index contributed by atoms with van der Waals surface area (Å²) >= 11 is 0. The molecule has 2 unspecified atom stereocenters. The fourth-order valence-corrected chi connectivity index (χ4v) is 2.64. The number of halogens is 1. The maximum atomic E-state index is 5.83. The van der Waals surface area contributed by atoms with E-state index in [1.54, 1.807) is 0 Å². The minimum absolute atomic E-state index is 0. The molecule has 0 amide bonds. The average Bonchev–Trinajstić information content (AvgIpc) is 2.34. The molecule has 0 radical (unpaired) electrons. The Morgan fingerprint density at radius 2 is 1.82 bits per heavy atom. The van der Waals surface area contributed by atoms with Crippen LogP contribution in [0.1, 0.15) is 48.5 Å². The lowest BCUT2D eigenvalue weighted by molar-refractivity contribution is -0.0939. The predicted octanol–water partition coefficient (Wildman–Crippen LogP) is 2.46. The summed E-state index contributed by atoms with van der Waals surface area (Å²) in [6.07, 6.45) is 0.582. The lowest BCUT2D eigenvalue weighted by atomic mass is 10.0. The van der Waals surface area contributed by atoms with Gasteiger partial charge in [-0.2, -0.15) is 0 Å². The monoisotopic (exact) mass is 426 g/mol. The second-order valence-electron chi connectivity index (χ2n) is 6.97. The Bertz CT molecular complexity index is 337. The molecule has 2 atom stereocenters. The van der Waals surface area contributed by atoms with Crippen LogP contribution in [0.5, 0.6) is 0 Å². The zero-order chi connectivity index (χ0) is 16.0. The summed E-state index contributed by atoms with van der Waals surface area (Å²) in [4.78, 5) is 7.26. The number of rotatable bonds is 5. The molecule has 0 aromatic carbocycles. The quantitative estimate of drug-likeness (QED) is 0.403. The van der Waals surface area contributed by atoms with Crippen molar-refractivity contribution in [1.29, 1.82) is 0 Å². The topological polar surface area (TPSA) is 48.9 Å². The van der Waals surface area contributed by atoms with Crippen molar-refractivity contribution in [3.63, 3.8) is 0 Å². The summed E-state index contributed by atoms with van der Waals surface area (Å²) in [6.45, 7) is 18.8. The smallest absolute Gasteiger partial charge is 0.191 e. The summed E-state index contributed by atoms with van der Waals surface area (Å²) in [5.41, 5.74) is 0.0334. The molecular weight excluding hydrogens is 391 g/mol. The Labute approximate surface area is 153 Å². The van der Waals surface area contributed by atoms with Gasteiger partial charge in [-0.3, -0.25) is 9.89 Å². The van der Waals surface area contributed by atoms with E-state index < -0.39 is 0 Å². The van der Waals surface area contributed by atoms with Crippen molar-refractivity contribution in [2.24, 2.45) is 4.99 Å². The second-order valence-corrected chi connectivity index (χ2v) is 6.97. The molecule has 1 aliphatic rings. The van der Waals surface area contributed by atoms with Crippen LogP contribution >= 0.6 is 24.0 Å². The molecule has 0 aliphatic carbocycles. The van der Waals surface area contributed by atoms with Crippen LogP contribution in [0.25, 0.3) is 0 Å². The van der Waals surface area contributed by atoms with Crippen LogP contribution in [0.2, 0.25) is 0 Å². The van der Waals surface area contributed by atoms with Crippen LogP contribution in [0.3, 0.4) is 0 Å². The number of aliphatic imine (C=N–C) groups is 1. The van der Waals surface area contributed by atoms with Crippen molar-refractivity contribution in [2.75, 3.05) is 26.2 Å². The van der Waals surface area contributed by atoms with Gasteiger partial charge < -0.3 is 15.4 Å². The Balaban J connectivity index is 0.00000441. The maximum absolute atomic E-state index is 5.83. The third-order valence-corrected chi connectivity index (χ3v) is 3.67. The minimum atomic E-state index is 0. The molecule has 1 rings (SSSR count). The van der Waals surface area contributed by atoms with Crippen LogP contribution in [0.4, 0.5) is 0 Å². The van der Waals surface area contributed by atoms with E-state index in [2.05, 4.69) is 64.0 Å². The minimum Gasteiger partial charge on any atom is -0.373 e. The molecule has 5 nitrogen and oxygen atoms in total. The van der Waals surface area contributed by atoms with E-state index in [9.17, 15) is 0 Å². The molecule has 6 heteroatoms. The first-order valence-electron chi connectivity index (χ1n) is 8.20. The second kappa shape index (κ2) is 9.93. The fraction of sp³-hybridized carbons (Fsp3) is 0.938. The number of guanidine groups is 1. The van der Waals surface area contributed by atoms with Crippen molar-refractivity contribution in [3.8, 4) is 0 Å². The first-order valence-corrected chi connectivity index (χ1v) is 8.20. The zero-order valence-corrected chi connectivity index (χ0v) is 17.6. The van der Waals surface area contributed by atoms with Crippen molar-refractivity contribution in [1.82, 2.24) is 15.5 Å². The number of morpholine rings is 1. The summed E-state index contributed by atoms with van der Waals surface area (Å²) in [5.74, 6) is 0.898. The third kappa shape index (κ3) is 7.46. The largest absolute Gasteiger partial charge is 0.373 e. The molecule has 132 valence electrons. The van der Waals surface area contributed by atoms with E-state index in [1.165, 1.54) is 0 Å². The zero-order valence-electron chi connectivity index (χ0n) is 15.3. The van der Waals surface area contributed by atoms with E-state index in [-0.39, 0.29) is 29.5 Å². The highest BCUT2D eigenvalue weighted by atomic mass is 127. The van der Waals surface area contributed by atoms with E-state index in [0.29, 0.717) is 18.2 Å². The molecule has 1 heterocycles. The summed E-state index contributed by atoms with van der Waals surface area (Å²) in [6, 6.07) is 0.384. The first kappa shape index (κ1) is 21.9. The van der Waals surface area contributed by atoms with Crippen molar-refractivity contribution in [3.05, 3.63) is 0 Å². The van der Waals surface area contributed by atoms with Gasteiger partial charge in [0, 0.05) is 31.2 Å². The molecule has 2 N–H and O–H groups in total. The molecule has 1 aliphatic heterocycles. The van der Waals surface area contributed by atoms with Gasteiger partial charge in [0.1, 0.15) is 0 Å². The van der Waals surface area contributed by atoms with Gasteiger partial charge in [-0.1, -0.05) is 0 Å². The fourth-order valence-electron chi connectivity index (χ4n) is 2.64. The highest BCUT2D eigenvalue weighted by Crippen LogP contribution is 2.21. The van der Waals surface area contributed by atoms with Gasteiger partial charge in [-0.25, -0.2) is 0 Å². The standard InChI is InChI=1S/C16H34N4O.HI/c1-8-17-15(19-12(2)3)18-11-16(6,7)20-9-13(4)21-14(5)10-20;/h12-14H,8-11H2,1-7H3,(H2,17,18,19);1H. The first-order chi connectivity index (χ1) is 9.74. The van der Waals surface area contributed by atoms with E-state index in [1.807, 2.05) is 0 Å². The van der Waals surface area contributed by atoms with Gasteiger partial charge in [-0.05, 0) is 48.5 Å². The van der Waals surface area contributed by atoms with E-state index in [0.717, 1.165) is 32.1 Å². The van der Waals surface area contributed by atoms with Crippen LogP contribution in [0.15, 0.2) is 4.99 Å². The molecule has 1 fully saturated rings. The van der Waals surface area contributed by atoms with Gasteiger partial charge in [0.15, 0.2) is 5.96 Å². The lowest BCUT2D eigenvalue weighted by Crippen LogP contribution is -2.56. The highest BCUT2D eigenvalue weighted by Gasteiger charge is 2.33. The normalized spacial score (nSPS) is 24.1. The van der Waals surface area contributed by atoms with E-state index >= 15 is 0 Å².